The van der Waals surface area contributed by atoms with Crippen LogP contribution in [0.3, 0.4) is 0 Å². The second kappa shape index (κ2) is 7.75. The van der Waals surface area contributed by atoms with Crippen LogP contribution in [0.4, 0.5) is 0 Å². The smallest absolute Gasteiger partial charge is 0.237 e. The van der Waals surface area contributed by atoms with Gasteiger partial charge in [-0.3, -0.25) is 4.79 Å². The fourth-order valence-corrected chi connectivity index (χ4v) is 2.02. The van der Waals surface area contributed by atoms with Crippen LogP contribution in [-0.2, 0) is 11.3 Å². The lowest BCUT2D eigenvalue weighted by atomic mass is 10.0. The van der Waals surface area contributed by atoms with Crippen molar-refractivity contribution in [1.82, 2.24) is 5.32 Å². The van der Waals surface area contributed by atoms with Crippen LogP contribution in [0.25, 0.3) is 0 Å². The van der Waals surface area contributed by atoms with Gasteiger partial charge in [0.05, 0.1) is 20.3 Å². The predicted molar refractivity (Wildman–Crippen MR) is 78.8 cm³/mol. The maximum atomic E-state index is 11.9. The topological polar surface area (TPSA) is 73.6 Å². The molecule has 0 aliphatic carbocycles. The highest BCUT2D eigenvalue weighted by Crippen LogP contribution is 2.30. The standard InChI is InChI=1S/C15H24N2O3/c1-10(2)8-12(16)15(18)17-9-11-6-5-7-13(19-3)14(11)20-4/h5-7,10,12H,8-9,16H2,1-4H3,(H,17,18)/t12-/m0/s1. The summed E-state index contributed by atoms with van der Waals surface area (Å²) in [6, 6.07) is 5.08. The summed E-state index contributed by atoms with van der Waals surface area (Å²) in [5.41, 5.74) is 6.70. The molecule has 5 heteroatoms. The number of carbonyl (C=O) groups excluding carboxylic acids is 1. The van der Waals surface area contributed by atoms with Crippen molar-refractivity contribution >= 4 is 5.91 Å². The Morgan fingerprint density at radius 1 is 1.30 bits per heavy atom. The van der Waals surface area contributed by atoms with Crippen molar-refractivity contribution in [3.05, 3.63) is 23.8 Å². The zero-order valence-electron chi connectivity index (χ0n) is 12.6. The molecule has 1 rings (SSSR count). The number of benzene rings is 1. The molecule has 0 radical (unpaired) electrons. The number of hydrogen-bond donors (Lipinski definition) is 2. The quantitative estimate of drug-likeness (QED) is 0.797. The molecule has 0 saturated carbocycles. The summed E-state index contributed by atoms with van der Waals surface area (Å²) in [6.07, 6.45) is 0.668. The number of ether oxygens (including phenoxy) is 2. The van der Waals surface area contributed by atoms with Crippen LogP contribution >= 0.6 is 0 Å². The first-order valence-corrected chi connectivity index (χ1v) is 6.72. The first-order valence-electron chi connectivity index (χ1n) is 6.72. The van der Waals surface area contributed by atoms with E-state index < -0.39 is 6.04 Å². The van der Waals surface area contributed by atoms with E-state index in [9.17, 15) is 4.79 Å². The highest BCUT2D eigenvalue weighted by atomic mass is 16.5. The molecule has 112 valence electrons. The first kappa shape index (κ1) is 16.3. The Hall–Kier alpha value is -1.75. The zero-order valence-corrected chi connectivity index (χ0v) is 12.6. The van der Waals surface area contributed by atoms with E-state index in [0.29, 0.717) is 30.4 Å². The van der Waals surface area contributed by atoms with E-state index >= 15 is 0 Å². The number of amides is 1. The predicted octanol–water partition coefficient (Wildman–Crippen LogP) is 1.69. The summed E-state index contributed by atoms with van der Waals surface area (Å²) >= 11 is 0. The van der Waals surface area contributed by atoms with Crippen LogP contribution in [0.5, 0.6) is 11.5 Å². The maximum absolute atomic E-state index is 11.9. The highest BCUT2D eigenvalue weighted by molar-refractivity contribution is 5.81. The number of carbonyl (C=O) groups is 1. The number of hydrogen-bond acceptors (Lipinski definition) is 4. The lowest BCUT2D eigenvalue weighted by molar-refractivity contribution is -0.122. The van der Waals surface area contributed by atoms with Crippen molar-refractivity contribution in [3.63, 3.8) is 0 Å². The second-order valence-corrected chi connectivity index (χ2v) is 5.11. The lowest BCUT2D eigenvalue weighted by Gasteiger charge is -2.16. The van der Waals surface area contributed by atoms with Gasteiger partial charge >= 0.3 is 0 Å². The third-order valence-electron chi connectivity index (χ3n) is 3.00. The molecule has 0 aliphatic heterocycles. The van der Waals surface area contributed by atoms with Gasteiger partial charge in [0.2, 0.25) is 5.91 Å². The minimum absolute atomic E-state index is 0.149. The number of para-hydroxylation sites is 1. The fourth-order valence-electron chi connectivity index (χ4n) is 2.02. The van der Waals surface area contributed by atoms with E-state index in [1.807, 2.05) is 32.0 Å². The van der Waals surface area contributed by atoms with Gasteiger partial charge in [-0.25, -0.2) is 0 Å². The van der Waals surface area contributed by atoms with E-state index in [4.69, 9.17) is 15.2 Å². The van der Waals surface area contributed by atoms with Crippen LogP contribution in [0.1, 0.15) is 25.8 Å². The van der Waals surface area contributed by atoms with Crippen molar-refractivity contribution in [2.75, 3.05) is 14.2 Å². The van der Waals surface area contributed by atoms with Gasteiger partial charge in [0.15, 0.2) is 11.5 Å². The summed E-state index contributed by atoms with van der Waals surface area (Å²) in [4.78, 5) is 11.9. The van der Waals surface area contributed by atoms with Crippen LogP contribution < -0.4 is 20.5 Å². The van der Waals surface area contributed by atoms with Gasteiger partial charge in [-0.1, -0.05) is 26.0 Å². The summed E-state index contributed by atoms with van der Waals surface area (Å²) < 4.78 is 10.5. The van der Waals surface area contributed by atoms with Crippen LogP contribution in [0.15, 0.2) is 18.2 Å². The molecule has 3 N–H and O–H groups in total. The molecule has 0 spiro atoms. The van der Waals surface area contributed by atoms with E-state index in [1.165, 1.54) is 0 Å². The van der Waals surface area contributed by atoms with Gasteiger partial charge in [0, 0.05) is 12.1 Å². The summed E-state index contributed by atoms with van der Waals surface area (Å²) in [5, 5.41) is 2.83. The fraction of sp³-hybridized carbons (Fsp3) is 0.533. The molecule has 0 unspecified atom stereocenters. The van der Waals surface area contributed by atoms with E-state index in [-0.39, 0.29) is 5.91 Å². The highest BCUT2D eigenvalue weighted by Gasteiger charge is 2.16. The Labute approximate surface area is 120 Å². The van der Waals surface area contributed by atoms with E-state index in [0.717, 1.165) is 5.56 Å². The molecule has 5 nitrogen and oxygen atoms in total. The molecule has 0 aliphatic rings. The van der Waals surface area contributed by atoms with Gasteiger partial charge in [-0.15, -0.1) is 0 Å². The average molecular weight is 280 g/mol. The summed E-state index contributed by atoms with van der Waals surface area (Å²) in [5.74, 6) is 1.52. The molecule has 20 heavy (non-hydrogen) atoms. The van der Waals surface area contributed by atoms with Crippen molar-refractivity contribution < 1.29 is 14.3 Å². The normalized spacial score (nSPS) is 12.1. The van der Waals surface area contributed by atoms with E-state index in [1.54, 1.807) is 14.2 Å². The molecule has 0 fully saturated rings. The van der Waals surface area contributed by atoms with Crippen molar-refractivity contribution in [1.29, 1.82) is 0 Å². The SMILES string of the molecule is COc1cccc(CNC(=O)[C@@H](N)CC(C)C)c1OC. The molecule has 0 heterocycles. The number of rotatable bonds is 7. The van der Waals surface area contributed by atoms with E-state index in [2.05, 4.69) is 5.32 Å². The third-order valence-corrected chi connectivity index (χ3v) is 3.00. The van der Waals surface area contributed by atoms with Gasteiger partial charge < -0.3 is 20.5 Å². The molecule has 1 amide bonds. The second-order valence-electron chi connectivity index (χ2n) is 5.11. The number of nitrogens with one attached hydrogen (secondary N) is 1. The van der Waals surface area contributed by atoms with Gasteiger partial charge in [-0.2, -0.15) is 0 Å². The van der Waals surface area contributed by atoms with Crippen molar-refractivity contribution in [2.45, 2.75) is 32.9 Å². The van der Waals surface area contributed by atoms with Gasteiger partial charge in [0.25, 0.3) is 0 Å². The maximum Gasteiger partial charge on any atom is 0.237 e. The van der Waals surface area contributed by atoms with Crippen molar-refractivity contribution in [2.24, 2.45) is 11.7 Å². The number of nitrogens with two attached hydrogens (primary N) is 1. The molecule has 0 bridgehead atoms. The molecular formula is C15H24N2O3. The largest absolute Gasteiger partial charge is 0.493 e. The monoisotopic (exact) mass is 280 g/mol. The molecule has 1 aromatic rings. The average Bonchev–Trinajstić information content (AvgIpc) is 2.43. The van der Waals surface area contributed by atoms with Crippen LogP contribution in [0, 0.1) is 5.92 Å². The number of methoxy groups -OCH3 is 2. The Balaban J connectivity index is 2.68. The Bertz CT molecular complexity index is 447. The molecular weight excluding hydrogens is 256 g/mol. The Morgan fingerprint density at radius 2 is 2.00 bits per heavy atom. The first-order chi connectivity index (χ1) is 9.49. The lowest BCUT2D eigenvalue weighted by Crippen LogP contribution is -2.41. The Kier molecular flexibility index (Phi) is 6.31. The molecule has 0 saturated heterocycles. The minimum atomic E-state index is -0.480. The Morgan fingerprint density at radius 3 is 2.55 bits per heavy atom. The van der Waals surface area contributed by atoms with Gasteiger partial charge in [-0.05, 0) is 18.4 Å². The third kappa shape index (κ3) is 4.42. The van der Waals surface area contributed by atoms with Crippen LogP contribution in [-0.4, -0.2) is 26.2 Å². The van der Waals surface area contributed by atoms with Crippen LogP contribution in [0.2, 0.25) is 0 Å². The zero-order chi connectivity index (χ0) is 15.1. The molecule has 1 aromatic carbocycles. The summed E-state index contributed by atoms with van der Waals surface area (Å²) in [7, 11) is 3.16. The molecule has 1 atom stereocenters. The minimum Gasteiger partial charge on any atom is -0.493 e. The summed E-state index contributed by atoms with van der Waals surface area (Å²) in [6.45, 7) is 4.45. The van der Waals surface area contributed by atoms with Crippen molar-refractivity contribution in [3.8, 4) is 11.5 Å². The van der Waals surface area contributed by atoms with Gasteiger partial charge in [0.1, 0.15) is 0 Å². The molecule has 0 aromatic heterocycles.